The summed E-state index contributed by atoms with van der Waals surface area (Å²) in [5.74, 6) is -9.85. The zero-order chi connectivity index (χ0) is 49.2. The van der Waals surface area contributed by atoms with Gasteiger partial charge in [-0.05, 0) is 42.4 Å². The van der Waals surface area contributed by atoms with Gasteiger partial charge < -0.3 is 69.5 Å². The van der Waals surface area contributed by atoms with Gasteiger partial charge in [-0.15, -0.1) is 0 Å². The molecule has 2 aliphatic heterocycles. The summed E-state index contributed by atoms with van der Waals surface area (Å²) < 4.78 is 0. The summed E-state index contributed by atoms with van der Waals surface area (Å²) in [5.41, 5.74) is 17.5. The Balaban J connectivity index is 2.00. The van der Waals surface area contributed by atoms with Gasteiger partial charge in [0.2, 0.25) is 59.1 Å². The summed E-state index contributed by atoms with van der Waals surface area (Å²) in [4.78, 5) is 135. The van der Waals surface area contributed by atoms with Gasteiger partial charge in [0.15, 0.2) is 0 Å². The van der Waals surface area contributed by atoms with Gasteiger partial charge in [-0.2, -0.15) is 0 Å². The topological polar surface area (TPSA) is 377 Å². The first-order chi connectivity index (χ1) is 31.2. The number of primary amides is 2. The molecule has 0 radical (unpaired) electrons. The summed E-state index contributed by atoms with van der Waals surface area (Å²) >= 11 is 0. The van der Waals surface area contributed by atoms with Crippen LogP contribution in [-0.2, 0) is 54.4 Å². The molecule has 10 amide bonds. The van der Waals surface area contributed by atoms with Crippen LogP contribution in [0.1, 0.15) is 65.4 Å². The lowest BCUT2D eigenvalue weighted by molar-refractivity contribution is -0.142. The minimum absolute atomic E-state index is 0.0398. The Hall–Kier alpha value is -5.66. The molecule has 10 atom stereocenters. The van der Waals surface area contributed by atoms with Crippen molar-refractivity contribution in [3.63, 3.8) is 0 Å². The van der Waals surface area contributed by atoms with Crippen LogP contribution in [0.15, 0.2) is 24.3 Å². The molecule has 2 aliphatic rings. The molecular formula is C41H63N11O12S2. The maximum atomic E-state index is 14.4. The highest BCUT2D eigenvalue weighted by Crippen LogP contribution is 2.26. The van der Waals surface area contributed by atoms with Gasteiger partial charge in [-0.3, -0.25) is 47.9 Å². The van der Waals surface area contributed by atoms with Crippen LogP contribution < -0.4 is 54.4 Å². The third-order valence-corrected chi connectivity index (χ3v) is 13.7. The minimum Gasteiger partial charge on any atom is -0.508 e. The fourth-order valence-corrected chi connectivity index (χ4v) is 9.23. The average molecular weight is 966 g/mol. The van der Waals surface area contributed by atoms with Crippen molar-refractivity contribution in [2.24, 2.45) is 29.0 Å². The van der Waals surface area contributed by atoms with E-state index >= 15 is 0 Å². The first kappa shape index (κ1) is 54.7. The standard InChI is InChI=1S/C41H63N11O12S2/c1-5-20(3)32(39(62)45-16-31(44)56)51-38(61)29-8-7-13-52(29)41(64)28-19-66-65-18-24(42)34(57)46-25(14-22-9-11-23(54)12-10-22)36(59)50-33(21(4)6-2)40(63)48-27(17-53)37(60)47-26(15-30(43)55)35(58)49-28/h9-12,20-21,24-29,32-33,53-54H,5-8,13-19,42H2,1-4H3,(H2,43,55)(H2,44,56)(H,45,62)(H,46,57)(H,47,60)(H,48,63)(H,49,58)(H,50,59)(H,51,61)/t20-,21-,24-,25?,26-,27?,28?,29-,32-,33-/m0/s1. The van der Waals surface area contributed by atoms with E-state index in [4.69, 9.17) is 17.2 Å². The van der Waals surface area contributed by atoms with E-state index in [1.165, 1.54) is 29.2 Å². The van der Waals surface area contributed by atoms with Crippen molar-refractivity contribution in [1.29, 1.82) is 0 Å². The maximum absolute atomic E-state index is 14.4. The van der Waals surface area contributed by atoms with Crippen molar-refractivity contribution in [1.82, 2.24) is 42.1 Å². The second-order valence-electron chi connectivity index (χ2n) is 16.3. The summed E-state index contributed by atoms with van der Waals surface area (Å²) in [6.07, 6.45) is 0.465. The molecule has 2 heterocycles. The number of hydrogen-bond acceptors (Lipinski definition) is 15. The molecule has 1 aromatic carbocycles. The summed E-state index contributed by atoms with van der Waals surface area (Å²) in [5, 5.41) is 37.7. The second kappa shape index (κ2) is 26.5. The number of phenols is 1. The van der Waals surface area contributed by atoms with Crippen molar-refractivity contribution >= 4 is 80.7 Å². The number of carbonyl (C=O) groups is 10. The molecule has 0 bridgehead atoms. The molecule has 0 aromatic heterocycles. The van der Waals surface area contributed by atoms with Crippen molar-refractivity contribution in [3.05, 3.63) is 29.8 Å². The normalized spacial score (nSPS) is 25.3. The van der Waals surface area contributed by atoms with Crippen molar-refractivity contribution in [2.45, 2.75) is 115 Å². The van der Waals surface area contributed by atoms with Gasteiger partial charge in [-0.1, -0.05) is 74.3 Å². The molecular weight excluding hydrogens is 903 g/mol. The van der Waals surface area contributed by atoms with Gasteiger partial charge in [0.1, 0.15) is 48.0 Å². The fraction of sp³-hybridized carbons (Fsp3) is 0.610. The van der Waals surface area contributed by atoms with Gasteiger partial charge in [-0.25, -0.2) is 0 Å². The number of nitrogens with one attached hydrogen (secondary N) is 7. The Labute approximate surface area is 390 Å². The molecule has 25 heteroatoms. The number of aliphatic hydroxyl groups excluding tert-OH is 1. The largest absolute Gasteiger partial charge is 0.508 e. The molecule has 0 aliphatic carbocycles. The van der Waals surface area contributed by atoms with E-state index in [-0.39, 0.29) is 36.6 Å². The Morgan fingerprint density at radius 2 is 1.41 bits per heavy atom. The quantitative estimate of drug-likeness (QED) is 0.0749. The highest BCUT2D eigenvalue weighted by molar-refractivity contribution is 8.76. The number of nitrogens with two attached hydrogens (primary N) is 3. The molecule has 3 unspecified atom stereocenters. The Morgan fingerprint density at radius 3 is 2.02 bits per heavy atom. The molecule has 1 aromatic rings. The molecule has 66 heavy (non-hydrogen) atoms. The fourth-order valence-electron chi connectivity index (χ4n) is 6.95. The van der Waals surface area contributed by atoms with E-state index in [9.17, 15) is 58.2 Å². The van der Waals surface area contributed by atoms with Crippen LogP contribution in [-0.4, -0.2) is 154 Å². The zero-order valence-corrected chi connectivity index (χ0v) is 39.0. The first-order valence-electron chi connectivity index (χ1n) is 21.6. The van der Waals surface area contributed by atoms with Crippen molar-refractivity contribution in [3.8, 4) is 5.75 Å². The predicted octanol–water partition coefficient (Wildman–Crippen LogP) is -3.88. The van der Waals surface area contributed by atoms with Crippen molar-refractivity contribution < 1.29 is 58.2 Å². The maximum Gasteiger partial charge on any atom is 0.246 e. The summed E-state index contributed by atoms with van der Waals surface area (Å²) in [6, 6.07) is -5.10. The average Bonchev–Trinajstić information content (AvgIpc) is 3.78. The monoisotopic (exact) mass is 965 g/mol. The third-order valence-electron chi connectivity index (χ3n) is 11.2. The number of aliphatic hydroxyl groups is 1. The second-order valence-corrected chi connectivity index (χ2v) is 18.8. The molecule has 366 valence electrons. The van der Waals surface area contributed by atoms with Crippen LogP contribution in [0.5, 0.6) is 5.75 Å². The number of benzene rings is 1. The molecule has 2 fully saturated rings. The number of amides is 10. The molecule has 23 nitrogen and oxygen atoms in total. The lowest BCUT2D eigenvalue weighted by Crippen LogP contribution is -2.62. The highest BCUT2D eigenvalue weighted by atomic mass is 33.1. The summed E-state index contributed by atoms with van der Waals surface area (Å²) in [7, 11) is 2.06. The van der Waals surface area contributed by atoms with E-state index in [0.717, 1.165) is 21.6 Å². The first-order valence-corrected chi connectivity index (χ1v) is 24.1. The number of aromatic hydroxyl groups is 1. The number of nitrogens with zero attached hydrogens (tertiary/aromatic N) is 1. The Morgan fingerprint density at radius 1 is 0.803 bits per heavy atom. The highest BCUT2D eigenvalue weighted by Gasteiger charge is 2.41. The van der Waals surface area contributed by atoms with E-state index in [2.05, 4.69) is 37.2 Å². The van der Waals surface area contributed by atoms with Gasteiger partial charge in [0.25, 0.3) is 0 Å². The lowest BCUT2D eigenvalue weighted by Gasteiger charge is -2.31. The van der Waals surface area contributed by atoms with Crippen LogP contribution in [0.3, 0.4) is 0 Å². The lowest BCUT2D eigenvalue weighted by atomic mass is 9.96. The van der Waals surface area contributed by atoms with Crippen LogP contribution >= 0.6 is 21.6 Å². The molecule has 15 N–H and O–H groups in total. The van der Waals surface area contributed by atoms with Crippen LogP contribution in [0.25, 0.3) is 0 Å². The third kappa shape index (κ3) is 16.3. The van der Waals surface area contributed by atoms with E-state index in [1.807, 2.05) is 0 Å². The van der Waals surface area contributed by atoms with Crippen molar-refractivity contribution in [2.75, 3.05) is 31.2 Å². The minimum atomic E-state index is -1.74. The van der Waals surface area contributed by atoms with E-state index in [0.29, 0.717) is 24.8 Å². The van der Waals surface area contributed by atoms with Crippen LogP contribution in [0, 0.1) is 11.8 Å². The number of phenolic OH excluding ortho intramolecular Hbond substituents is 1. The Kier molecular flexibility index (Phi) is 21.9. The SMILES string of the molecule is CC[C@H](C)[C@@H]1NC(=O)C(Cc2ccc(O)cc2)NC(=O)[C@@H](N)CSSCC(C(=O)N2CCC[C@H]2C(=O)N[C@H](C(=O)NCC(N)=O)[C@@H](C)CC)NC(=O)[C@H](CC(N)=O)NC(=O)C(CO)NC1=O. The smallest absolute Gasteiger partial charge is 0.246 e. The number of rotatable bonds is 15. The molecule has 0 spiro atoms. The van der Waals surface area contributed by atoms with Crippen LogP contribution in [0.2, 0.25) is 0 Å². The predicted molar refractivity (Wildman–Crippen MR) is 243 cm³/mol. The molecule has 3 rings (SSSR count). The van der Waals surface area contributed by atoms with E-state index < -0.39 is 139 Å². The van der Waals surface area contributed by atoms with E-state index in [1.54, 1.807) is 27.7 Å². The number of hydrogen-bond donors (Lipinski definition) is 12. The molecule has 2 saturated heterocycles. The Bertz CT molecular complexity index is 1930. The van der Waals surface area contributed by atoms with Gasteiger partial charge in [0.05, 0.1) is 25.6 Å². The summed E-state index contributed by atoms with van der Waals surface area (Å²) in [6.45, 7) is 5.49. The zero-order valence-electron chi connectivity index (χ0n) is 37.3. The molecule has 0 saturated carbocycles. The number of carbonyl (C=O) groups excluding carboxylic acids is 10. The van der Waals surface area contributed by atoms with Gasteiger partial charge in [0, 0.05) is 24.5 Å². The number of likely N-dealkylation sites (tertiary alicyclic amines) is 1. The van der Waals surface area contributed by atoms with Crippen LogP contribution in [0.4, 0.5) is 0 Å². The van der Waals surface area contributed by atoms with Gasteiger partial charge >= 0.3 is 0 Å².